The van der Waals surface area contributed by atoms with E-state index >= 15 is 0 Å². The van der Waals surface area contributed by atoms with Crippen LogP contribution >= 0.6 is 0 Å². The van der Waals surface area contributed by atoms with Crippen LogP contribution in [0.25, 0.3) is 0 Å². The fraction of sp³-hybridized carbons (Fsp3) is 0.727. The predicted molar refractivity (Wildman–Crippen MR) is 61.4 cm³/mol. The van der Waals surface area contributed by atoms with Crippen molar-refractivity contribution in [2.45, 2.75) is 33.9 Å². The van der Waals surface area contributed by atoms with Crippen molar-refractivity contribution in [2.75, 3.05) is 20.2 Å². The first-order valence-electron chi connectivity index (χ1n) is 5.06. The summed E-state index contributed by atoms with van der Waals surface area (Å²) in [5.41, 5.74) is 0.433. The maximum atomic E-state index is 10.2. The summed E-state index contributed by atoms with van der Waals surface area (Å²) >= 11 is 0. The molecule has 4 nitrogen and oxygen atoms in total. The van der Waals surface area contributed by atoms with E-state index in [1.807, 2.05) is 18.7 Å². The van der Waals surface area contributed by atoms with Crippen LogP contribution in [-0.2, 0) is 9.53 Å². The highest BCUT2D eigenvalue weighted by atomic mass is 16.5. The van der Waals surface area contributed by atoms with Crippen molar-refractivity contribution >= 4 is 5.97 Å². The zero-order valence-corrected chi connectivity index (χ0v) is 10.4. The lowest BCUT2D eigenvalue weighted by molar-refractivity contribution is -0.136. The Morgan fingerprint density at radius 1 is 1.47 bits per heavy atom. The molecule has 0 radical (unpaired) electrons. The lowest BCUT2D eigenvalue weighted by Crippen LogP contribution is -2.32. The molecule has 4 heteroatoms. The molecule has 0 aliphatic rings. The first-order chi connectivity index (χ1) is 6.90. The number of aliphatic hydroxyl groups excluding tert-OH is 1. The molecular formula is C11H23NO3. The zero-order valence-electron chi connectivity index (χ0n) is 10.4. The maximum absolute atomic E-state index is 10.2. The molecule has 0 saturated carbocycles. The summed E-state index contributed by atoms with van der Waals surface area (Å²) < 4.78 is 4.27. The maximum Gasteiger partial charge on any atom is 0.332 e. The molecule has 0 saturated heterocycles. The minimum atomic E-state index is -0.347. The number of carbonyl (C=O) groups excluding carboxylic acids is 1. The van der Waals surface area contributed by atoms with Gasteiger partial charge in [-0.15, -0.1) is 0 Å². The summed E-state index contributed by atoms with van der Waals surface area (Å²) in [5.74, 6) is -0.347. The van der Waals surface area contributed by atoms with E-state index in [1.165, 1.54) is 7.11 Å². The Labute approximate surface area is 92.5 Å². The Morgan fingerprint density at radius 2 is 1.87 bits per heavy atom. The highest BCUT2D eigenvalue weighted by molar-refractivity contribution is 5.86. The molecule has 15 heavy (non-hydrogen) atoms. The molecule has 0 aromatic carbocycles. The van der Waals surface area contributed by atoms with E-state index < -0.39 is 0 Å². The number of rotatable bonds is 4. The van der Waals surface area contributed by atoms with E-state index in [0.717, 1.165) is 13.1 Å². The van der Waals surface area contributed by atoms with Gasteiger partial charge in [0.05, 0.1) is 7.11 Å². The summed E-state index contributed by atoms with van der Waals surface area (Å²) in [4.78, 5) is 12.2. The average Bonchev–Trinajstić information content (AvgIpc) is 2.18. The first-order valence-corrected chi connectivity index (χ1v) is 5.06. The molecule has 0 rings (SSSR count). The molecule has 0 aromatic heterocycles. The smallest absolute Gasteiger partial charge is 0.332 e. The molecule has 0 aliphatic carbocycles. The molecule has 0 spiro atoms. The molecule has 0 aliphatic heterocycles. The Kier molecular flexibility index (Phi) is 10.7. The van der Waals surface area contributed by atoms with E-state index in [1.54, 1.807) is 13.8 Å². The molecule has 0 fully saturated rings. The summed E-state index contributed by atoms with van der Waals surface area (Å²) in [5, 5.41) is 8.94. The third-order valence-electron chi connectivity index (χ3n) is 1.87. The third kappa shape index (κ3) is 9.43. The molecule has 1 unspecified atom stereocenters. The quantitative estimate of drug-likeness (QED) is 0.439. The summed E-state index contributed by atoms with van der Waals surface area (Å²) in [6.07, 6.45) is -0.287. The lowest BCUT2D eigenvalue weighted by Gasteiger charge is -2.20. The second-order valence-electron chi connectivity index (χ2n) is 3.12. The van der Waals surface area contributed by atoms with Crippen LogP contribution in [0.4, 0.5) is 0 Å². The molecule has 0 heterocycles. The fourth-order valence-corrected chi connectivity index (χ4v) is 0.926. The zero-order chi connectivity index (χ0) is 12.4. The molecule has 90 valence electrons. The third-order valence-corrected chi connectivity index (χ3v) is 1.87. The van der Waals surface area contributed by atoms with Crippen LogP contribution in [0, 0.1) is 0 Å². The topological polar surface area (TPSA) is 49.8 Å². The predicted octanol–water partition coefficient (Wildman–Crippen LogP) is 1.40. The normalized spacial score (nSPS) is 11.4. The Balaban J connectivity index is 0. The van der Waals surface area contributed by atoms with Gasteiger partial charge in [0.2, 0.25) is 0 Å². The van der Waals surface area contributed by atoms with Crippen molar-refractivity contribution in [1.82, 2.24) is 4.90 Å². The van der Waals surface area contributed by atoms with Gasteiger partial charge in [0.15, 0.2) is 0 Å². The van der Waals surface area contributed by atoms with Gasteiger partial charge in [0.25, 0.3) is 0 Å². The Morgan fingerprint density at radius 3 is 1.87 bits per heavy atom. The van der Waals surface area contributed by atoms with Gasteiger partial charge in [0, 0.05) is 5.57 Å². The van der Waals surface area contributed by atoms with Gasteiger partial charge in [-0.25, -0.2) is 4.79 Å². The molecule has 0 bridgehead atoms. The number of nitrogens with zero attached hydrogens (tertiary/aromatic N) is 1. The Bertz CT molecular complexity index is 186. The van der Waals surface area contributed by atoms with Crippen molar-refractivity contribution in [3.8, 4) is 0 Å². The van der Waals surface area contributed by atoms with Crippen molar-refractivity contribution in [2.24, 2.45) is 0 Å². The number of hydrogen-bond acceptors (Lipinski definition) is 4. The summed E-state index contributed by atoms with van der Waals surface area (Å²) in [6.45, 7) is 12.7. The van der Waals surface area contributed by atoms with Gasteiger partial charge in [-0.05, 0) is 26.9 Å². The fourth-order valence-electron chi connectivity index (χ4n) is 0.926. The highest BCUT2D eigenvalue weighted by Gasteiger charge is 2.02. The van der Waals surface area contributed by atoms with Crippen LogP contribution in [-0.4, -0.2) is 42.4 Å². The first kappa shape index (κ1) is 16.6. The largest absolute Gasteiger partial charge is 0.466 e. The SMILES string of the molecule is C=C(C)C(=O)OC.CCN(CC)C(C)O. The summed E-state index contributed by atoms with van der Waals surface area (Å²) in [7, 11) is 1.33. The molecule has 1 N–H and O–H groups in total. The monoisotopic (exact) mass is 217 g/mol. The number of ether oxygens (including phenoxy) is 1. The van der Waals surface area contributed by atoms with Crippen LogP contribution in [0.2, 0.25) is 0 Å². The van der Waals surface area contributed by atoms with Crippen molar-refractivity contribution in [3.05, 3.63) is 12.2 Å². The van der Waals surface area contributed by atoms with E-state index in [2.05, 4.69) is 11.3 Å². The van der Waals surface area contributed by atoms with Gasteiger partial charge in [-0.1, -0.05) is 20.4 Å². The molecule has 0 amide bonds. The van der Waals surface area contributed by atoms with E-state index in [9.17, 15) is 4.79 Å². The van der Waals surface area contributed by atoms with Gasteiger partial charge >= 0.3 is 5.97 Å². The highest BCUT2D eigenvalue weighted by Crippen LogP contribution is 1.91. The van der Waals surface area contributed by atoms with Crippen LogP contribution in [0.15, 0.2) is 12.2 Å². The standard InChI is InChI=1S/C6H15NO.C5H8O2/c1-4-7(5-2)6(3)8;1-4(2)5(6)7-3/h6,8H,4-5H2,1-3H3;1H2,2-3H3. The van der Waals surface area contributed by atoms with Gasteiger partial charge in [-0.3, -0.25) is 4.90 Å². The molecule has 1 atom stereocenters. The van der Waals surface area contributed by atoms with Crippen LogP contribution in [0.1, 0.15) is 27.7 Å². The lowest BCUT2D eigenvalue weighted by atomic mass is 10.4. The van der Waals surface area contributed by atoms with Crippen molar-refractivity contribution in [3.63, 3.8) is 0 Å². The number of carbonyl (C=O) groups is 1. The number of esters is 1. The van der Waals surface area contributed by atoms with Crippen LogP contribution in [0.5, 0.6) is 0 Å². The van der Waals surface area contributed by atoms with Gasteiger partial charge in [0.1, 0.15) is 6.23 Å². The van der Waals surface area contributed by atoms with Crippen LogP contribution < -0.4 is 0 Å². The van der Waals surface area contributed by atoms with Crippen molar-refractivity contribution in [1.29, 1.82) is 0 Å². The van der Waals surface area contributed by atoms with Gasteiger partial charge < -0.3 is 9.84 Å². The van der Waals surface area contributed by atoms with Crippen molar-refractivity contribution < 1.29 is 14.6 Å². The summed E-state index contributed by atoms with van der Waals surface area (Å²) in [6, 6.07) is 0. The van der Waals surface area contributed by atoms with E-state index in [-0.39, 0.29) is 12.2 Å². The Hall–Kier alpha value is -0.870. The van der Waals surface area contributed by atoms with E-state index in [4.69, 9.17) is 5.11 Å². The number of hydrogen-bond donors (Lipinski definition) is 1. The molecule has 0 aromatic rings. The second-order valence-corrected chi connectivity index (χ2v) is 3.12. The minimum Gasteiger partial charge on any atom is -0.466 e. The minimum absolute atomic E-state index is 0.287. The molecular weight excluding hydrogens is 194 g/mol. The number of methoxy groups -OCH3 is 1. The second kappa shape index (κ2) is 9.68. The van der Waals surface area contributed by atoms with E-state index in [0.29, 0.717) is 5.57 Å². The van der Waals surface area contributed by atoms with Crippen LogP contribution in [0.3, 0.4) is 0 Å². The number of aliphatic hydroxyl groups is 1. The van der Waals surface area contributed by atoms with Gasteiger partial charge in [-0.2, -0.15) is 0 Å². The average molecular weight is 217 g/mol.